The maximum absolute atomic E-state index is 13.7. The average molecular weight is 538 g/mol. The average Bonchev–Trinajstić information content (AvgIpc) is 3.17. The number of hydrogen-bond acceptors (Lipinski definition) is 5. The molecule has 3 aromatic carbocycles. The first kappa shape index (κ1) is 24.3. The lowest BCUT2D eigenvalue weighted by Gasteiger charge is -2.23. The van der Waals surface area contributed by atoms with Gasteiger partial charge in [0.2, 0.25) is 0 Å². The molecule has 36 heavy (non-hydrogen) atoms. The first-order valence-electron chi connectivity index (χ1n) is 11.2. The van der Waals surface area contributed by atoms with Gasteiger partial charge in [-0.25, -0.2) is 4.98 Å². The van der Waals surface area contributed by atoms with E-state index in [0.717, 1.165) is 26.8 Å². The fourth-order valence-corrected chi connectivity index (χ4v) is 5.63. The Hall–Kier alpha value is -3.39. The summed E-state index contributed by atoms with van der Waals surface area (Å²) in [5, 5.41) is 4.51. The highest BCUT2D eigenvalue weighted by Gasteiger charge is 2.28. The molecule has 5 rings (SSSR count). The van der Waals surface area contributed by atoms with Crippen molar-refractivity contribution in [2.75, 3.05) is 23.9 Å². The second kappa shape index (κ2) is 9.93. The van der Waals surface area contributed by atoms with Crippen LogP contribution in [0.15, 0.2) is 60.7 Å². The minimum absolute atomic E-state index is 0.212. The van der Waals surface area contributed by atoms with Crippen molar-refractivity contribution in [2.45, 2.75) is 13.3 Å². The normalized spacial score (nSPS) is 12.4. The number of anilines is 2. The van der Waals surface area contributed by atoms with E-state index in [1.807, 2.05) is 31.2 Å². The molecule has 0 saturated carbocycles. The minimum atomic E-state index is -0.381. The first-order valence-corrected chi connectivity index (χ1v) is 12.7. The quantitative estimate of drug-likeness (QED) is 0.307. The SMILES string of the molecule is COc1cc(Cl)ccc1C(=O)Nc1ccc(C(=O)N2CCc3sc(C)nc3-c3ccccc32)c(Cl)c1. The van der Waals surface area contributed by atoms with Crippen LogP contribution in [0.3, 0.4) is 0 Å². The number of para-hydroxylation sites is 1. The number of ether oxygens (including phenoxy) is 1. The number of nitrogens with zero attached hydrogens (tertiary/aromatic N) is 2. The number of aromatic nitrogens is 1. The fraction of sp³-hybridized carbons (Fsp3) is 0.148. The highest BCUT2D eigenvalue weighted by Crippen LogP contribution is 2.39. The zero-order valence-electron chi connectivity index (χ0n) is 19.5. The zero-order valence-corrected chi connectivity index (χ0v) is 21.8. The smallest absolute Gasteiger partial charge is 0.259 e. The number of benzene rings is 3. The van der Waals surface area contributed by atoms with Crippen LogP contribution in [0.25, 0.3) is 11.3 Å². The van der Waals surface area contributed by atoms with Crippen LogP contribution >= 0.6 is 34.5 Å². The maximum Gasteiger partial charge on any atom is 0.259 e. The Morgan fingerprint density at radius 3 is 2.61 bits per heavy atom. The lowest BCUT2D eigenvalue weighted by atomic mass is 10.1. The van der Waals surface area contributed by atoms with Crippen LogP contribution in [0, 0.1) is 6.92 Å². The van der Waals surface area contributed by atoms with E-state index in [2.05, 4.69) is 5.32 Å². The summed E-state index contributed by atoms with van der Waals surface area (Å²) in [6.07, 6.45) is 0.704. The molecule has 1 aliphatic heterocycles. The van der Waals surface area contributed by atoms with E-state index in [1.54, 1.807) is 52.6 Å². The third-order valence-electron chi connectivity index (χ3n) is 5.93. The van der Waals surface area contributed by atoms with E-state index in [-0.39, 0.29) is 16.8 Å². The molecule has 0 radical (unpaired) electrons. The van der Waals surface area contributed by atoms with Crippen molar-refractivity contribution < 1.29 is 14.3 Å². The topological polar surface area (TPSA) is 71.5 Å². The Balaban J connectivity index is 1.41. The predicted octanol–water partition coefficient (Wildman–Crippen LogP) is 6.89. The molecule has 9 heteroatoms. The molecule has 0 unspecified atom stereocenters. The molecule has 6 nitrogen and oxygen atoms in total. The molecule has 1 aromatic heterocycles. The van der Waals surface area contributed by atoms with Crippen molar-refractivity contribution in [1.29, 1.82) is 0 Å². The Kier molecular flexibility index (Phi) is 6.71. The summed E-state index contributed by atoms with van der Waals surface area (Å²) < 4.78 is 5.26. The van der Waals surface area contributed by atoms with E-state index in [0.29, 0.717) is 40.6 Å². The number of aryl methyl sites for hydroxylation is 1. The van der Waals surface area contributed by atoms with Crippen LogP contribution in [-0.4, -0.2) is 30.5 Å². The number of carbonyl (C=O) groups excluding carboxylic acids is 2. The Labute approximate surface area is 222 Å². The summed E-state index contributed by atoms with van der Waals surface area (Å²) in [4.78, 5) is 34.1. The lowest BCUT2D eigenvalue weighted by molar-refractivity contribution is 0.0986. The van der Waals surface area contributed by atoms with Gasteiger partial charge in [0.15, 0.2) is 0 Å². The molecule has 2 heterocycles. The van der Waals surface area contributed by atoms with Crippen LogP contribution in [0.5, 0.6) is 5.75 Å². The second-order valence-electron chi connectivity index (χ2n) is 8.22. The largest absolute Gasteiger partial charge is 0.496 e. The van der Waals surface area contributed by atoms with Gasteiger partial charge in [-0.1, -0.05) is 41.4 Å². The van der Waals surface area contributed by atoms with Gasteiger partial charge in [0.05, 0.1) is 39.6 Å². The van der Waals surface area contributed by atoms with E-state index in [1.165, 1.54) is 7.11 Å². The number of rotatable bonds is 4. The summed E-state index contributed by atoms with van der Waals surface area (Å²) in [5.41, 5.74) is 3.80. The molecule has 2 amide bonds. The number of nitrogens with one attached hydrogen (secondary N) is 1. The van der Waals surface area contributed by atoms with Gasteiger partial charge < -0.3 is 15.0 Å². The number of hydrogen-bond donors (Lipinski definition) is 1. The van der Waals surface area contributed by atoms with Crippen LogP contribution < -0.4 is 15.0 Å². The molecule has 4 aromatic rings. The standard InChI is InChI=1S/C27H21Cl2N3O3S/c1-15-30-25-19-5-3-4-6-22(19)32(12-11-24(25)36-15)27(34)18-10-8-17(14-21(18)29)31-26(33)20-9-7-16(28)13-23(20)35-2/h3-10,13-14H,11-12H2,1-2H3,(H,31,33). The second-order valence-corrected chi connectivity index (χ2v) is 10.4. The first-order chi connectivity index (χ1) is 17.4. The lowest BCUT2D eigenvalue weighted by Crippen LogP contribution is -2.32. The van der Waals surface area contributed by atoms with Crippen LogP contribution in [0.1, 0.15) is 30.6 Å². The van der Waals surface area contributed by atoms with E-state index >= 15 is 0 Å². The summed E-state index contributed by atoms with van der Waals surface area (Å²) >= 11 is 14.2. The number of carbonyl (C=O) groups is 2. The van der Waals surface area contributed by atoms with Gasteiger partial charge in [0, 0.05) is 34.1 Å². The van der Waals surface area contributed by atoms with E-state index in [4.69, 9.17) is 32.9 Å². The molecule has 1 aliphatic rings. The van der Waals surface area contributed by atoms with Gasteiger partial charge in [0.1, 0.15) is 5.75 Å². The van der Waals surface area contributed by atoms with Gasteiger partial charge >= 0.3 is 0 Å². The van der Waals surface area contributed by atoms with Crippen molar-refractivity contribution in [3.05, 3.63) is 91.7 Å². The summed E-state index contributed by atoms with van der Waals surface area (Å²) in [6, 6.07) is 17.4. The van der Waals surface area contributed by atoms with Crippen molar-refractivity contribution in [1.82, 2.24) is 4.98 Å². The monoisotopic (exact) mass is 537 g/mol. The van der Waals surface area contributed by atoms with E-state index in [9.17, 15) is 9.59 Å². The van der Waals surface area contributed by atoms with Crippen molar-refractivity contribution >= 4 is 57.7 Å². The predicted molar refractivity (Wildman–Crippen MR) is 145 cm³/mol. The molecule has 0 bridgehead atoms. The third kappa shape index (κ3) is 4.57. The molecule has 0 spiro atoms. The molecule has 0 fully saturated rings. The summed E-state index contributed by atoms with van der Waals surface area (Å²) in [6.45, 7) is 2.50. The van der Waals surface area contributed by atoms with Gasteiger partial charge in [0.25, 0.3) is 11.8 Å². The van der Waals surface area contributed by atoms with Gasteiger partial charge in [-0.2, -0.15) is 0 Å². The van der Waals surface area contributed by atoms with Crippen molar-refractivity contribution in [2.24, 2.45) is 0 Å². The van der Waals surface area contributed by atoms with Gasteiger partial charge in [-0.05, 0) is 49.4 Å². The maximum atomic E-state index is 13.7. The number of fused-ring (bicyclic) bond motifs is 3. The zero-order chi connectivity index (χ0) is 25.4. The van der Waals surface area contributed by atoms with Gasteiger partial charge in [-0.15, -0.1) is 11.3 Å². The van der Waals surface area contributed by atoms with Gasteiger partial charge in [-0.3, -0.25) is 9.59 Å². The number of halogens is 2. The van der Waals surface area contributed by atoms with Crippen molar-refractivity contribution in [3.8, 4) is 17.0 Å². The van der Waals surface area contributed by atoms with Crippen LogP contribution in [0.2, 0.25) is 10.0 Å². The number of methoxy groups -OCH3 is 1. The molecule has 0 aliphatic carbocycles. The summed E-state index contributed by atoms with van der Waals surface area (Å²) in [7, 11) is 1.47. The summed E-state index contributed by atoms with van der Waals surface area (Å²) in [5.74, 6) is -0.235. The molecular formula is C27H21Cl2N3O3S. The molecule has 0 saturated heterocycles. The highest BCUT2D eigenvalue weighted by atomic mass is 35.5. The Morgan fingerprint density at radius 1 is 1.06 bits per heavy atom. The highest BCUT2D eigenvalue weighted by molar-refractivity contribution is 7.12. The molecule has 0 atom stereocenters. The van der Waals surface area contributed by atoms with Crippen LogP contribution in [0.4, 0.5) is 11.4 Å². The van der Waals surface area contributed by atoms with Crippen LogP contribution in [-0.2, 0) is 6.42 Å². The third-order valence-corrected chi connectivity index (χ3v) is 7.51. The number of amides is 2. The Bertz CT molecular complexity index is 1500. The van der Waals surface area contributed by atoms with E-state index < -0.39 is 0 Å². The van der Waals surface area contributed by atoms with Crippen molar-refractivity contribution in [3.63, 3.8) is 0 Å². The molecule has 182 valence electrons. The fourth-order valence-electron chi connectivity index (χ4n) is 4.27. The number of thiazole rings is 1. The molecular weight excluding hydrogens is 517 g/mol. The Morgan fingerprint density at radius 2 is 1.83 bits per heavy atom. The minimum Gasteiger partial charge on any atom is -0.496 e. The molecule has 1 N–H and O–H groups in total.